The lowest BCUT2D eigenvalue weighted by Crippen LogP contribution is -2.27. The second-order valence-corrected chi connectivity index (χ2v) is 8.31. The molecule has 0 bridgehead atoms. The summed E-state index contributed by atoms with van der Waals surface area (Å²) in [7, 11) is 0. The molecule has 0 saturated carbocycles. The Balaban J connectivity index is 1.58. The summed E-state index contributed by atoms with van der Waals surface area (Å²) in [5.74, 6) is 0.735. The molecule has 3 aromatic heterocycles. The molecule has 0 aliphatic carbocycles. The van der Waals surface area contributed by atoms with E-state index in [-0.39, 0.29) is 11.6 Å². The topological polar surface area (TPSA) is 49.0 Å². The Bertz CT molecular complexity index is 1140. The van der Waals surface area contributed by atoms with Crippen LogP contribution < -0.4 is 10.5 Å². The van der Waals surface area contributed by atoms with E-state index in [9.17, 15) is 4.79 Å². The van der Waals surface area contributed by atoms with Gasteiger partial charge in [0.1, 0.15) is 10.7 Å². The Morgan fingerprint density at radius 2 is 2.08 bits per heavy atom. The van der Waals surface area contributed by atoms with Gasteiger partial charge in [-0.15, -0.1) is 22.7 Å². The average Bonchev–Trinajstić information content (AvgIpc) is 3.39. The molecule has 130 valence electrons. The zero-order valence-corrected chi connectivity index (χ0v) is 15.9. The van der Waals surface area contributed by atoms with E-state index in [1.54, 1.807) is 22.7 Å². The van der Waals surface area contributed by atoms with E-state index in [1.165, 1.54) is 11.3 Å². The molecular weight excluding hydrogens is 362 g/mol. The normalized spacial score (nSPS) is 14.7. The number of benzene rings is 1. The molecule has 0 spiro atoms. The Morgan fingerprint density at radius 1 is 1.19 bits per heavy atom. The van der Waals surface area contributed by atoms with Gasteiger partial charge in [0.05, 0.1) is 11.4 Å². The molecule has 26 heavy (non-hydrogen) atoms. The van der Waals surface area contributed by atoms with Crippen molar-refractivity contribution in [2.75, 3.05) is 11.4 Å². The fraction of sp³-hybridized carbons (Fsp3) is 0.200. The van der Waals surface area contributed by atoms with E-state index < -0.39 is 0 Å². The molecule has 1 N–H and O–H groups in total. The highest BCUT2D eigenvalue weighted by Gasteiger charge is 2.26. The molecule has 1 aliphatic heterocycles. The van der Waals surface area contributed by atoms with Crippen molar-refractivity contribution < 1.29 is 0 Å². The minimum atomic E-state index is -0.0472. The van der Waals surface area contributed by atoms with Crippen molar-refractivity contribution >= 4 is 38.6 Å². The summed E-state index contributed by atoms with van der Waals surface area (Å²) in [5, 5.41) is 4.77. The Hall–Kier alpha value is -2.44. The summed E-state index contributed by atoms with van der Waals surface area (Å²) >= 11 is 3.19. The smallest absolute Gasteiger partial charge is 0.260 e. The zero-order chi connectivity index (χ0) is 17.7. The molecule has 1 aliphatic rings. The predicted molar refractivity (Wildman–Crippen MR) is 109 cm³/mol. The Labute approximate surface area is 158 Å². The highest BCUT2D eigenvalue weighted by Crippen LogP contribution is 2.36. The molecule has 0 fully saturated rings. The Kier molecular flexibility index (Phi) is 3.69. The minimum Gasteiger partial charge on any atom is -0.361 e. The monoisotopic (exact) mass is 379 g/mol. The van der Waals surface area contributed by atoms with Crippen LogP contribution in [0.5, 0.6) is 0 Å². The molecular formula is C20H17N3OS2. The van der Waals surface area contributed by atoms with E-state index >= 15 is 0 Å². The molecule has 4 heterocycles. The van der Waals surface area contributed by atoms with Gasteiger partial charge in [0, 0.05) is 28.1 Å². The van der Waals surface area contributed by atoms with Gasteiger partial charge in [-0.25, -0.2) is 4.98 Å². The predicted octanol–water partition coefficient (Wildman–Crippen LogP) is 4.84. The number of aromatic nitrogens is 2. The highest BCUT2D eigenvalue weighted by atomic mass is 32.1. The molecule has 4 aromatic rings. The maximum absolute atomic E-state index is 12.8. The van der Waals surface area contributed by atoms with Gasteiger partial charge in [-0.3, -0.25) is 4.79 Å². The van der Waals surface area contributed by atoms with Crippen LogP contribution in [-0.2, 0) is 6.42 Å². The van der Waals surface area contributed by atoms with Gasteiger partial charge in [-0.2, -0.15) is 0 Å². The van der Waals surface area contributed by atoms with Gasteiger partial charge in [-0.05, 0) is 36.4 Å². The number of rotatable bonds is 3. The third-order valence-corrected chi connectivity index (χ3v) is 6.81. The zero-order valence-electron chi connectivity index (χ0n) is 14.2. The molecule has 0 amide bonds. The van der Waals surface area contributed by atoms with Gasteiger partial charge in [0.15, 0.2) is 0 Å². The standard InChI is InChI=1S/C20H17N3OS2/c1-12(23-9-8-13-5-2-3-6-15(13)23)18-21-19(24)17-14(11-26-20(17)22-18)16-7-4-10-25-16/h2-7,10-12H,8-9H2,1H3,(H,21,22,24). The summed E-state index contributed by atoms with van der Waals surface area (Å²) in [6, 6.07) is 12.6. The van der Waals surface area contributed by atoms with Crippen LogP contribution in [0.15, 0.2) is 52.0 Å². The van der Waals surface area contributed by atoms with Gasteiger partial charge in [-0.1, -0.05) is 24.3 Å². The largest absolute Gasteiger partial charge is 0.361 e. The number of anilines is 1. The number of aromatic amines is 1. The minimum absolute atomic E-state index is 0.0306. The highest BCUT2D eigenvalue weighted by molar-refractivity contribution is 7.18. The second-order valence-electron chi connectivity index (χ2n) is 6.51. The molecule has 1 aromatic carbocycles. The number of H-pyrrole nitrogens is 1. The van der Waals surface area contributed by atoms with Crippen molar-refractivity contribution in [3.05, 3.63) is 68.9 Å². The summed E-state index contributed by atoms with van der Waals surface area (Å²) in [5.41, 5.74) is 3.54. The number of para-hydroxylation sites is 1. The lowest BCUT2D eigenvalue weighted by Gasteiger charge is -2.26. The maximum Gasteiger partial charge on any atom is 0.260 e. The Morgan fingerprint density at radius 3 is 2.92 bits per heavy atom. The van der Waals surface area contributed by atoms with Gasteiger partial charge < -0.3 is 9.88 Å². The van der Waals surface area contributed by atoms with Crippen molar-refractivity contribution in [3.8, 4) is 10.4 Å². The fourth-order valence-corrected chi connectivity index (χ4v) is 5.46. The first kappa shape index (κ1) is 15.8. The van der Waals surface area contributed by atoms with Crippen molar-refractivity contribution in [1.29, 1.82) is 0 Å². The van der Waals surface area contributed by atoms with Crippen molar-refractivity contribution in [2.24, 2.45) is 0 Å². The molecule has 0 saturated heterocycles. The van der Waals surface area contributed by atoms with Crippen LogP contribution in [0, 0.1) is 0 Å². The van der Waals surface area contributed by atoms with Gasteiger partial charge in [0.2, 0.25) is 0 Å². The van der Waals surface area contributed by atoms with E-state index in [4.69, 9.17) is 4.98 Å². The molecule has 6 heteroatoms. The van der Waals surface area contributed by atoms with Crippen molar-refractivity contribution in [2.45, 2.75) is 19.4 Å². The second kappa shape index (κ2) is 6.07. The third kappa shape index (κ3) is 2.40. The quantitative estimate of drug-likeness (QED) is 0.554. The maximum atomic E-state index is 12.8. The van der Waals surface area contributed by atoms with E-state index in [1.807, 2.05) is 22.9 Å². The number of hydrogen-bond acceptors (Lipinski definition) is 5. The number of nitrogens with one attached hydrogen (secondary N) is 1. The van der Waals surface area contributed by atoms with Crippen molar-refractivity contribution in [1.82, 2.24) is 9.97 Å². The summed E-state index contributed by atoms with van der Waals surface area (Å²) < 4.78 is 0. The van der Waals surface area contributed by atoms with Crippen LogP contribution >= 0.6 is 22.7 Å². The van der Waals surface area contributed by atoms with Crippen LogP contribution in [0.1, 0.15) is 24.4 Å². The molecule has 1 atom stereocenters. The lowest BCUT2D eigenvalue weighted by atomic mass is 10.1. The van der Waals surface area contributed by atoms with Gasteiger partial charge >= 0.3 is 0 Å². The van der Waals surface area contributed by atoms with E-state index in [0.717, 1.165) is 34.1 Å². The van der Waals surface area contributed by atoms with Gasteiger partial charge in [0.25, 0.3) is 5.56 Å². The number of thiophene rings is 2. The van der Waals surface area contributed by atoms with Crippen LogP contribution in [0.3, 0.4) is 0 Å². The first-order chi connectivity index (χ1) is 12.7. The number of fused-ring (bicyclic) bond motifs is 2. The molecule has 5 rings (SSSR count). The van der Waals surface area contributed by atoms with E-state index in [2.05, 4.69) is 41.1 Å². The summed E-state index contributed by atoms with van der Waals surface area (Å²) in [6.45, 7) is 3.06. The lowest BCUT2D eigenvalue weighted by molar-refractivity contribution is 0.654. The average molecular weight is 380 g/mol. The van der Waals surface area contributed by atoms with E-state index in [0.29, 0.717) is 5.39 Å². The summed E-state index contributed by atoms with van der Waals surface area (Å²) in [6.07, 6.45) is 1.04. The molecule has 0 radical (unpaired) electrons. The first-order valence-corrected chi connectivity index (χ1v) is 10.4. The molecule has 4 nitrogen and oxygen atoms in total. The van der Waals surface area contributed by atoms with Crippen LogP contribution in [0.4, 0.5) is 5.69 Å². The summed E-state index contributed by atoms with van der Waals surface area (Å²) in [4.78, 5) is 24.9. The van der Waals surface area contributed by atoms with Crippen molar-refractivity contribution in [3.63, 3.8) is 0 Å². The van der Waals surface area contributed by atoms with Crippen LogP contribution in [0.25, 0.3) is 20.7 Å². The van der Waals surface area contributed by atoms with Crippen LogP contribution in [0.2, 0.25) is 0 Å². The fourth-order valence-electron chi connectivity index (χ4n) is 3.69. The molecule has 1 unspecified atom stereocenters. The van der Waals surface area contributed by atoms with Crippen LogP contribution in [-0.4, -0.2) is 16.5 Å². The third-order valence-electron chi connectivity index (χ3n) is 5.04. The number of nitrogens with zero attached hydrogens (tertiary/aromatic N) is 2. The number of hydrogen-bond donors (Lipinski definition) is 1. The first-order valence-electron chi connectivity index (χ1n) is 8.62. The SMILES string of the molecule is CC(c1nc2scc(-c3cccs3)c2c(=O)[nH]1)N1CCc2ccccc21.